The number of carbonyl (C=O) groups excluding carboxylic acids is 1. The van der Waals surface area contributed by atoms with E-state index in [9.17, 15) is 13.6 Å². The molecule has 0 unspecified atom stereocenters. The molecule has 2 aromatic rings. The third-order valence-electron chi connectivity index (χ3n) is 2.63. The van der Waals surface area contributed by atoms with E-state index < -0.39 is 6.61 Å². The third kappa shape index (κ3) is 4.08. The Hall–Kier alpha value is -2.83. The third-order valence-corrected chi connectivity index (χ3v) is 2.63. The van der Waals surface area contributed by atoms with Crippen molar-refractivity contribution in [1.29, 1.82) is 0 Å². The summed E-state index contributed by atoms with van der Waals surface area (Å²) in [6.07, 6.45) is 4.10. The minimum atomic E-state index is -2.93. The zero-order chi connectivity index (χ0) is 15.9. The van der Waals surface area contributed by atoms with Gasteiger partial charge in [0.25, 0.3) is 0 Å². The highest BCUT2D eigenvalue weighted by molar-refractivity contribution is 6.02. The van der Waals surface area contributed by atoms with Crippen molar-refractivity contribution < 1.29 is 27.5 Å². The van der Waals surface area contributed by atoms with E-state index in [4.69, 9.17) is 9.15 Å². The molecule has 2 rings (SSSR count). The average Bonchev–Trinajstić information content (AvgIpc) is 3.02. The predicted molar refractivity (Wildman–Crippen MR) is 75.4 cm³/mol. The fourth-order valence-corrected chi connectivity index (χ4v) is 1.67. The van der Waals surface area contributed by atoms with Crippen LogP contribution < -0.4 is 14.8 Å². The molecule has 22 heavy (non-hydrogen) atoms. The van der Waals surface area contributed by atoms with E-state index in [-0.39, 0.29) is 23.0 Å². The maximum Gasteiger partial charge on any atom is 0.387 e. The summed E-state index contributed by atoms with van der Waals surface area (Å²) in [6.45, 7) is -2.93. The van der Waals surface area contributed by atoms with Crippen molar-refractivity contribution in [2.75, 3.05) is 12.4 Å². The molecule has 1 aromatic heterocycles. The molecule has 7 heteroatoms. The van der Waals surface area contributed by atoms with Gasteiger partial charge >= 0.3 is 6.61 Å². The number of hydrogen-bond donors (Lipinski definition) is 1. The highest BCUT2D eigenvalue weighted by atomic mass is 19.3. The van der Waals surface area contributed by atoms with Gasteiger partial charge < -0.3 is 19.2 Å². The second kappa shape index (κ2) is 7.26. The molecule has 0 atom stereocenters. The molecule has 1 N–H and O–H groups in total. The summed E-state index contributed by atoms with van der Waals surface area (Å²) in [5.74, 6) is -0.00631. The van der Waals surface area contributed by atoms with Crippen LogP contribution in [-0.2, 0) is 0 Å². The van der Waals surface area contributed by atoms with Gasteiger partial charge in [-0.25, -0.2) is 0 Å². The summed E-state index contributed by atoms with van der Waals surface area (Å²) in [6, 6.07) is 7.49. The maximum atomic E-state index is 12.2. The van der Waals surface area contributed by atoms with Crippen LogP contribution >= 0.6 is 0 Å². The van der Waals surface area contributed by atoms with Crippen LogP contribution in [0.2, 0.25) is 0 Å². The van der Waals surface area contributed by atoms with E-state index in [1.165, 1.54) is 43.8 Å². The Balaban J connectivity index is 2.02. The topological polar surface area (TPSA) is 60.7 Å². The lowest BCUT2D eigenvalue weighted by Crippen LogP contribution is -2.03. The van der Waals surface area contributed by atoms with Crippen LogP contribution in [0.4, 0.5) is 14.5 Å². The number of benzene rings is 1. The van der Waals surface area contributed by atoms with Gasteiger partial charge in [-0.05, 0) is 24.3 Å². The SMILES string of the molecule is COc1cc(NC=CC(=O)c2ccco2)ccc1OC(F)F. The molecule has 0 spiro atoms. The molecular weight excluding hydrogens is 296 g/mol. The number of rotatable bonds is 7. The van der Waals surface area contributed by atoms with Gasteiger partial charge in [0.05, 0.1) is 13.4 Å². The molecule has 0 amide bonds. The number of carbonyl (C=O) groups is 1. The summed E-state index contributed by atoms with van der Waals surface area (Å²) < 4.78 is 38.7. The van der Waals surface area contributed by atoms with E-state index in [2.05, 4.69) is 10.1 Å². The van der Waals surface area contributed by atoms with Crippen molar-refractivity contribution in [3.05, 3.63) is 54.6 Å². The Morgan fingerprint density at radius 1 is 1.32 bits per heavy atom. The van der Waals surface area contributed by atoms with E-state index in [0.29, 0.717) is 5.69 Å². The lowest BCUT2D eigenvalue weighted by molar-refractivity contribution is -0.0512. The van der Waals surface area contributed by atoms with Gasteiger partial charge in [0.1, 0.15) is 0 Å². The minimum absolute atomic E-state index is 0.0707. The summed E-state index contributed by atoms with van der Waals surface area (Å²) in [5.41, 5.74) is 0.543. The predicted octanol–water partition coefficient (Wildman–Crippen LogP) is 3.70. The number of nitrogens with one attached hydrogen (secondary N) is 1. The minimum Gasteiger partial charge on any atom is -0.493 e. The van der Waals surface area contributed by atoms with Gasteiger partial charge in [-0.1, -0.05) is 0 Å². The lowest BCUT2D eigenvalue weighted by atomic mass is 10.2. The molecule has 0 radical (unpaired) electrons. The van der Waals surface area contributed by atoms with E-state index >= 15 is 0 Å². The molecule has 1 aromatic carbocycles. The van der Waals surface area contributed by atoms with Crippen LogP contribution in [0.25, 0.3) is 0 Å². The number of ketones is 1. The number of ether oxygens (including phenoxy) is 2. The van der Waals surface area contributed by atoms with Crippen molar-refractivity contribution in [3.8, 4) is 11.5 Å². The quantitative estimate of drug-likeness (QED) is 0.624. The molecule has 1 heterocycles. The lowest BCUT2D eigenvalue weighted by Gasteiger charge is -2.11. The summed E-state index contributed by atoms with van der Waals surface area (Å²) in [4.78, 5) is 11.6. The maximum absolute atomic E-state index is 12.2. The van der Waals surface area contributed by atoms with Gasteiger partial charge in [0.2, 0.25) is 5.78 Å². The Morgan fingerprint density at radius 2 is 2.14 bits per heavy atom. The Labute approximate surface area is 125 Å². The first-order valence-electron chi connectivity index (χ1n) is 6.24. The second-order valence-electron chi connectivity index (χ2n) is 4.06. The molecular formula is C15H13F2NO4. The summed E-state index contributed by atoms with van der Waals surface area (Å²) in [5, 5.41) is 2.83. The van der Waals surface area contributed by atoms with Crippen molar-refractivity contribution in [2.24, 2.45) is 0 Å². The first-order valence-corrected chi connectivity index (χ1v) is 6.24. The largest absolute Gasteiger partial charge is 0.493 e. The second-order valence-corrected chi connectivity index (χ2v) is 4.06. The number of allylic oxidation sites excluding steroid dienone is 1. The fourth-order valence-electron chi connectivity index (χ4n) is 1.67. The van der Waals surface area contributed by atoms with E-state index in [1.807, 2.05) is 0 Å². The van der Waals surface area contributed by atoms with Crippen LogP contribution in [-0.4, -0.2) is 19.5 Å². The van der Waals surface area contributed by atoms with Gasteiger partial charge in [-0.3, -0.25) is 4.79 Å². The number of methoxy groups -OCH3 is 1. The molecule has 116 valence electrons. The van der Waals surface area contributed by atoms with Crippen LogP contribution in [0.5, 0.6) is 11.5 Å². The zero-order valence-corrected chi connectivity index (χ0v) is 11.6. The molecule has 0 bridgehead atoms. The fraction of sp³-hybridized carbons (Fsp3) is 0.133. The number of anilines is 1. The van der Waals surface area contributed by atoms with Gasteiger partial charge in [-0.15, -0.1) is 0 Å². The Bertz CT molecular complexity index is 654. The van der Waals surface area contributed by atoms with Crippen molar-refractivity contribution >= 4 is 11.5 Å². The highest BCUT2D eigenvalue weighted by Gasteiger charge is 2.10. The number of alkyl halides is 2. The van der Waals surface area contributed by atoms with E-state index in [0.717, 1.165) is 0 Å². The van der Waals surface area contributed by atoms with Crippen molar-refractivity contribution in [3.63, 3.8) is 0 Å². The highest BCUT2D eigenvalue weighted by Crippen LogP contribution is 2.31. The number of hydrogen-bond acceptors (Lipinski definition) is 5. The molecule has 0 aliphatic carbocycles. The van der Waals surface area contributed by atoms with Crippen LogP contribution in [0.1, 0.15) is 10.6 Å². The molecule has 5 nitrogen and oxygen atoms in total. The molecule has 0 aliphatic heterocycles. The van der Waals surface area contributed by atoms with Crippen molar-refractivity contribution in [2.45, 2.75) is 6.61 Å². The summed E-state index contributed by atoms with van der Waals surface area (Å²) in [7, 11) is 1.34. The first kappa shape index (κ1) is 15.6. The molecule has 0 saturated heterocycles. The van der Waals surface area contributed by atoms with Crippen LogP contribution in [0.15, 0.2) is 53.3 Å². The molecule has 0 aliphatic rings. The van der Waals surface area contributed by atoms with Crippen LogP contribution in [0.3, 0.4) is 0 Å². The first-order chi connectivity index (χ1) is 10.6. The normalized spacial score (nSPS) is 10.9. The van der Waals surface area contributed by atoms with E-state index in [1.54, 1.807) is 12.1 Å². The summed E-state index contributed by atoms with van der Waals surface area (Å²) >= 11 is 0. The number of halogens is 2. The molecule has 0 fully saturated rings. The van der Waals surface area contributed by atoms with Gasteiger partial charge in [-0.2, -0.15) is 8.78 Å². The van der Waals surface area contributed by atoms with Gasteiger partial charge in [0.15, 0.2) is 17.3 Å². The van der Waals surface area contributed by atoms with Crippen LogP contribution in [0, 0.1) is 0 Å². The average molecular weight is 309 g/mol. The van der Waals surface area contributed by atoms with Crippen molar-refractivity contribution in [1.82, 2.24) is 0 Å². The number of furan rings is 1. The Morgan fingerprint density at radius 3 is 2.77 bits per heavy atom. The zero-order valence-electron chi connectivity index (χ0n) is 11.6. The van der Waals surface area contributed by atoms with Gasteiger partial charge in [0, 0.05) is 24.0 Å². The monoisotopic (exact) mass is 309 g/mol. The smallest absolute Gasteiger partial charge is 0.387 e. The Kier molecular flexibility index (Phi) is 5.13. The molecule has 0 saturated carbocycles. The standard InChI is InChI=1S/C15H13F2NO4/c1-20-14-9-10(4-5-13(14)22-15(16)17)18-7-6-11(19)12-3-2-8-21-12/h2-9,15,18H,1H3.